The molecule has 2 heterocycles. The third kappa shape index (κ3) is 4.94. The number of nitrogens with zero attached hydrogens (tertiary/aromatic N) is 3. The van der Waals surface area contributed by atoms with E-state index < -0.39 is 12.3 Å². The zero-order valence-corrected chi connectivity index (χ0v) is 16.8. The molecule has 4 rings (SSSR count). The second kappa shape index (κ2) is 9.04. The largest absolute Gasteiger partial charge is 0.415 e. The van der Waals surface area contributed by atoms with Gasteiger partial charge in [0.05, 0.1) is 6.04 Å². The summed E-state index contributed by atoms with van der Waals surface area (Å²) in [4.78, 5) is 4.59. The van der Waals surface area contributed by atoms with Gasteiger partial charge in [-0.1, -0.05) is 36.9 Å². The van der Waals surface area contributed by atoms with E-state index in [0.717, 1.165) is 47.2 Å². The molecule has 0 aliphatic carbocycles. The van der Waals surface area contributed by atoms with Gasteiger partial charge >= 0.3 is 6.43 Å². The Bertz CT molecular complexity index is 1130. The van der Waals surface area contributed by atoms with Crippen LogP contribution >= 0.6 is 0 Å². The predicted octanol–water partition coefficient (Wildman–Crippen LogP) is 5.67. The second-order valence-corrected chi connectivity index (χ2v) is 7.41. The average molecular weight is 420 g/mol. The number of hydrogen-bond acceptors (Lipinski definition) is 5. The second-order valence-electron chi connectivity index (χ2n) is 7.41. The molecule has 0 amide bonds. The van der Waals surface area contributed by atoms with E-state index in [2.05, 4.69) is 27.8 Å². The Morgan fingerprint density at radius 3 is 2.58 bits per heavy atom. The van der Waals surface area contributed by atoms with Gasteiger partial charge in [0.2, 0.25) is 5.89 Å². The van der Waals surface area contributed by atoms with Gasteiger partial charge in [0.1, 0.15) is 0 Å². The number of aryl methyl sites for hydroxylation is 1. The summed E-state index contributed by atoms with van der Waals surface area (Å²) in [7, 11) is 0. The van der Waals surface area contributed by atoms with Crippen molar-refractivity contribution in [2.24, 2.45) is 4.99 Å². The van der Waals surface area contributed by atoms with E-state index >= 15 is 0 Å². The molecule has 3 aromatic rings. The normalized spacial score (nSPS) is 16.0. The molecule has 0 radical (unpaired) electrons. The SMILES string of the molecule is C=C1C=NC(CCCc2ccc(-c3nnc(C(F)F)o3)cc2)C=C1c1cccc(N)c1. The number of benzene rings is 2. The molecule has 31 heavy (non-hydrogen) atoms. The van der Waals surface area contributed by atoms with Crippen LogP contribution in [0, 0.1) is 0 Å². The number of dihydropyridines is 1. The van der Waals surface area contributed by atoms with Gasteiger partial charge in [0.25, 0.3) is 5.89 Å². The predicted molar refractivity (Wildman–Crippen MR) is 118 cm³/mol. The zero-order chi connectivity index (χ0) is 21.8. The van der Waals surface area contributed by atoms with Crippen LogP contribution in [-0.4, -0.2) is 22.5 Å². The van der Waals surface area contributed by atoms with Gasteiger partial charge in [-0.25, -0.2) is 0 Å². The molecule has 1 atom stereocenters. The van der Waals surface area contributed by atoms with Crippen molar-refractivity contribution in [1.29, 1.82) is 0 Å². The molecule has 1 aliphatic rings. The fraction of sp³-hybridized carbons (Fsp3) is 0.208. The molecule has 2 N–H and O–H groups in total. The molecule has 0 fully saturated rings. The van der Waals surface area contributed by atoms with E-state index in [4.69, 9.17) is 10.2 Å². The van der Waals surface area contributed by atoms with Crippen LogP contribution in [-0.2, 0) is 6.42 Å². The summed E-state index contributed by atoms with van der Waals surface area (Å²) in [5.41, 5.74) is 11.4. The van der Waals surface area contributed by atoms with Crippen molar-refractivity contribution in [1.82, 2.24) is 10.2 Å². The molecule has 0 spiro atoms. The van der Waals surface area contributed by atoms with Gasteiger partial charge in [-0.3, -0.25) is 4.99 Å². The minimum Gasteiger partial charge on any atom is -0.415 e. The number of anilines is 1. The highest BCUT2D eigenvalue weighted by Crippen LogP contribution is 2.28. The van der Waals surface area contributed by atoms with Crippen molar-refractivity contribution in [3.63, 3.8) is 0 Å². The number of aromatic nitrogens is 2. The number of nitrogens with two attached hydrogens (primary N) is 1. The maximum absolute atomic E-state index is 12.6. The summed E-state index contributed by atoms with van der Waals surface area (Å²) in [6.45, 7) is 4.09. The van der Waals surface area contributed by atoms with Crippen molar-refractivity contribution in [3.05, 3.63) is 83.8 Å². The molecule has 0 saturated heterocycles. The highest BCUT2D eigenvalue weighted by Gasteiger charge is 2.17. The third-order valence-electron chi connectivity index (χ3n) is 5.12. The lowest BCUT2D eigenvalue weighted by Gasteiger charge is -2.18. The van der Waals surface area contributed by atoms with E-state index in [1.165, 1.54) is 0 Å². The topological polar surface area (TPSA) is 77.3 Å². The first-order chi connectivity index (χ1) is 15.0. The molecule has 0 bridgehead atoms. The molecule has 1 aliphatic heterocycles. The van der Waals surface area contributed by atoms with Crippen molar-refractivity contribution >= 4 is 17.5 Å². The summed E-state index contributed by atoms with van der Waals surface area (Å²) in [6.07, 6.45) is 3.94. The summed E-state index contributed by atoms with van der Waals surface area (Å²) in [6, 6.07) is 15.4. The first-order valence-electron chi connectivity index (χ1n) is 10.0. The Kier molecular flexibility index (Phi) is 6.02. The van der Waals surface area contributed by atoms with E-state index in [1.807, 2.05) is 42.6 Å². The first kappa shape index (κ1) is 20.7. The Balaban J connectivity index is 1.35. The Hall–Kier alpha value is -3.61. The third-order valence-corrected chi connectivity index (χ3v) is 5.12. The fourth-order valence-corrected chi connectivity index (χ4v) is 3.51. The monoisotopic (exact) mass is 420 g/mol. The molecule has 158 valence electrons. The van der Waals surface area contributed by atoms with Gasteiger partial charge in [-0.15, -0.1) is 10.2 Å². The van der Waals surface area contributed by atoms with Crippen molar-refractivity contribution in [3.8, 4) is 11.5 Å². The zero-order valence-electron chi connectivity index (χ0n) is 16.8. The molecule has 1 aromatic heterocycles. The minimum atomic E-state index is -2.77. The number of alkyl halides is 2. The lowest BCUT2D eigenvalue weighted by Crippen LogP contribution is -2.09. The van der Waals surface area contributed by atoms with E-state index in [1.54, 1.807) is 12.1 Å². The minimum absolute atomic E-state index is 0.0902. The van der Waals surface area contributed by atoms with Crippen LogP contribution in [0.25, 0.3) is 17.0 Å². The summed E-state index contributed by atoms with van der Waals surface area (Å²) < 4.78 is 30.2. The van der Waals surface area contributed by atoms with Crippen molar-refractivity contribution in [2.45, 2.75) is 31.7 Å². The van der Waals surface area contributed by atoms with E-state index in [9.17, 15) is 8.78 Å². The molecular formula is C24H22F2N4O. The maximum Gasteiger partial charge on any atom is 0.314 e. The highest BCUT2D eigenvalue weighted by molar-refractivity contribution is 6.02. The molecule has 7 heteroatoms. The lowest BCUT2D eigenvalue weighted by atomic mass is 9.93. The van der Waals surface area contributed by atoms with Crippen LogP contribution in [0.5, 0.6) is 0 Å². The number of rotatable bonds is 7. The summed E-state index contributed by atoms with van der Waals surface area (Å²) in [5, 5.41) is 7.03. The number of aliphatic imine (C=N–C) groups is 1. The van der Waals surface area contributed by atoms with Crippen LogP contribution in [0.4, 0.5) is 14.5 Å². The van der Waals surface area contributed by atoms with Crippen LogP contribution in [0.2, 0.25) is 0 Å². The molecule has 0 saturated carbocycles. The summed E-state index contributed by atoms with van der Waals surface area (Å²) in [5.74, 6) is -0.571. The Morgan fingerprint density at radius 1 is 1.06 bits per heavy atom. The van der Waals surface area contributed by atoms with Crippen LogP contribution in [0.1, 0.15) is 36.3 Å². The fourth-order valence-electron chi connectivity index (χ4n) is 3.51. The van der Waals surface area contributed by atoms with Crippen LogP contribution < -0.4 is 5.73 Å². The van der Waals surface area contributed by atoms with Gasteiger partial charge in [0.15, 0.2) is 0 Å². The van der Waals surface area contributed by atoms with E-state index in [-0.39, 0.29) is 11.9 Å². The number of nitrogen functional groups attached to an aromatic ring is 1. The Labute approximate surface area is 179 Å². The summed E-state index contributed by atoms with van der Waals surface area (Å²) >= 11 is 0. The van der Waals surface area contributed by atoms with E-state index in [0.29, 0.717) is 5.56 Å². The van der Waals surface area contributed by atoms with Crippen LogP contribution in [0.3, 0.4) is 0 Å². The standard InChI is InChI=1S/C24H22F2N4O/c1-15-14-28-20(13-21(15)18-5-3-6-19(27)12-18)7-2-4-16-8-10-17(11-9-16)23-29-30-24(31-23)22(25)26/h3,5-6,8-14,20,22H,1-2,4,7,27H2. The average Bonchev–Trinajstić information content (AvgIpc) is 3.26. The molecule has 1 unspecified atom stereocenters. The number of hydrogen-bond donors (Lipinski definition) is 1. The first-order valence-corrected chi connectivity index (χ1v) is 10.0. The smallest absolute Gasteiger partial charge is 0.314 e. The maximum atomic E-state index is 12.6. The van der Waals surface area contributed by atoms with Gasteiger partial charge in [-0.05, 0) is 65.8 Å². The quantitative estimate of drug-likeness (QED) is 0.500. The van der Waals surface area contributed by atoms with Crippen molar-refractivity contribution < 1.29 is 13.2 Å². The van der Waals surface area contributed by atoms with Gasteiger partial charge in [-0.2, -0.15) is 8.78 Å². The molecule has 5 nitrogen and oxygen atoms in total. The number of halogens is 2. The van der Waals surface area contributed by atoms with Crippen LogP contribution in [0.15, 0.2) is 76.2 Å². The highest BCUT2D eigenvalue weighted by atomic mass is 19.3. The molecular weight excluding hydrogens is 398 g/mol. The lowest BCUT2D eigenvalue weighted by molar-refractivity contribution is 0.116. The molecule has 2 aromatic carbocycles. The van der Waals surface area contributed by atoms with Crippen molar-refractivity contribution in [2.75, 3.05) is 5.73 Å². The van der Waals surface area contributed by atoms with Gasteiger partial charge in [0, 0.05) is 17.5 Å². The Morgan fingerprint density at radius 2 is 1.87 bits per heavy atom. The van der Waals surface area contributed by atoms with Gasteiger partial charge < -0.3 is 10.2 Å². The number of allylic oxidation sites excluding steroid dienone is 2.